The Kier molecular flexibility index (Phi) is 6.98. The third-order valence-electron chi connectivity index (χ3n) is 1.23. The van der Waals surface area contributed by atoms with Gasteiger partial charge in [-0.3, -0.25) is 0 Å². The van der Waals surface area contributed by atoms with E-state index in [2.05, 4.69) is 6.58 Å². The maximum Gasteiger partial charge on any atom is 0.147 e. The second kappa shape index (κ2) is 7.44. The van der Waals surface area contributed by atoms with Crippen LogP contribution in [-0.2, 0) is 14.3 Å². The van der Waals surface area contributed by atoms with Crippen LogP contribution in [0.5, 0.6) is 0 Å². The predicted octanol–water partition coefficient (Wildman–Crippen LogP) is 1.14. The molecule has 0 aliphatic rings. The van der Waals surface area contributed by atoms with Crippen molar-refractivity contribution in [3.63, 3.8) is 0 Å². The minimum atomic E-state index is -0.0693. The lowest BCUT2D eigenvalue weighted by Gasteiger charge is -2.10. The highest BCUT2D eigenvalue weighted by Crippen LogP contribution is 2.01. The first kappa shape index (κ1) is 10.3. The highest BCUT2D eigenvalue weighted by atomic mass is 16.7. The van der Waals surface area contributed by atoms with Crippen molar-refractivity contribution in [1.29, 1.82) is 0 Å². The fourth-order valence-corrected chi connectivity index (χ4v) is 0.657. The first-order chi connectivity index (χ1) is 5.35. The number of carbonyl (C=O) groups excluding carboxylic acids is 1. The zero-order valence-corrected chi connectivity index (χ0v) is 6.79. The van der Waals surface area contributed by atoms with Gasteiger partial charge >= 0.3 is 0 Å². The van der Waals surface area contributed by atoms with Gasteiger partial charge in [0.05, 0.1) is 6.10 Å². The van der Waals surface area contributed by atoms with Crippen molar-refractivity contribution in [2.45, 2.75) is 18.9 Å². The lowest BCUT2D eigenvalue weighted by atomic mass is 10.2. The number of carbonyl (C=O) groups is 1. The van der Waals surface area contributed by atoms with Crippen molar-refractivity contribution in [2.75, 3.05) is 13.9 Å². The molecular weight excluding hydrogens is 144 g/mol. The number of rotatable bonds is 7. The molecule has 0 aromatic carbocycles. The molecule has 0 rings (SSSR count). The van der Waals surface area contributed by atoms with Crippen LogP contribution >= 0.6 is 0 Å². The molecule has 11 heavy (non-hydrogen) atoms. The maximum atomic E-state index is 9.98. The van der Waals surface area contributed by atoms with Gasteiger partial charge in [-0.2, -0.15) is 0 Å². The molecule has 0 aromatic heterocycles. The van der Waals surface area contributed by atoms with E-state index in [1.54, 1.807) is 13.2 Å². The smallest absolute Gasteiger partial charge is 0.147 e. The Morgan fingerprint density at radius 1 is 1.64 bits per heavy atom. The Bertz CT molecular complexity index is 112. The molecule has 0 radical (unpaired) electrons. The highest BCUT2D eigenvalue weighted by Gasteiger charge is 2.01. The molecule has 0 amide bonds. The van der Waals surface area contributed by atoms with Gasteiger partial charge in [-0.25, -0.2) is 0 Å². The molecule has 0 saturated heterocycles. The molecule has 3 heteroatoms. The highest BCUT2D eigenvalue weighted by molar-refractivity contribution is 5.49. The summed E-state index contributed by atoms with van der Waals surface area (Å²) in [5.41, 5.74) is 0. The summed E-state index contributed by atoms with van der Waals surface area (Å²) < 4.78 is 9.84. The molecular formula is C8H14O3. The van der Waals surface area contributed by atoms with E-state index in [9.17, 15) is 4.79 Å². The summed E-state index contributed by atoms with van der Waals surface area (Å²) in [7, 11) is 1.56. The van der Waals surface area contributed by atoms with E-state index in [1.165, 1.54) is 0 Å². The molecule has 0 saturated carbocycles. The first-order valence-corrected chi connectivity index (χ1v) is 3.52. The van der Waals surface area contributed by atoms with Crippen LogP contribution in [0.3, 0.4) is 0 Å². The standard InChI is InChI=1S/C8H14O3/c1-3-8(5-4-6-9)11-7-10-2/h3,6,8H,1,4-5,7H2,2H3/t8-/m0/s1. The molecule has 0 N–H and O–H groups in total. The van der Waals surface area contributed by atoms with Gasteiger partial charge in [-0.05, 0) is 6.42 Å². The van der Waals surface area contributed by atoms with Gasteiger partial charge in [0, 0.05) is 13.5 Å². The van der Waals surface area contributed by atoms with E-state index in [0.29, 0.717) is 12.8 Å². The van der Waals surface area contributed by atoms with E-state index < -0.39 is 0 Å². The summed E-state index contributed by atoms with van der Waals surface area (Å²) >= 11 is 0. The SMILES string of the molecule is C=C[C@@H](CCC=O)OCOC. The van der Waals surface area contributed by atoms with E-state index in [-0.39, 0.29) is 12.9 Å². The summed E-state index contributed by atoms with van der Waals surface area (Å²) in [6.07, 6.45) is 3.64. The molecule has 0 bridgehead atoms. The van der Waals surface area contributed by atoms with Crippen LogP contribution in [0, 0.1) is 0 Å². The maximum absolute atomic E-state index is 9.98. The monoisotopic (exact) mass is 158 g/mol. The van der Waals surface area contributed by atoms with Crippen LogP contribution in [-0.4, -0.2) is 26.3 Å². The van der Waals surface area contributed by atoms with Crippen LogP contribution in [0.2, 0.25) is 0 Å². The van der Waals surface area contributed by atoms with Crippen molar-refractivity contribution < 1.29 is 14.3 Å². The molecule has 0 spiro atoms. The van der Waals surface area contributed by atoms with Crippen LogP contribution in [0.15, 0.2) is 12.7 Å². The molecule has 0 aliphatic heterocycles. The lowest BCUT2D eigenvalue weighted by Crippen LogP contribution is -2.11. The van der Waals surface area contributed by atoms with Crippen LogP contribution < -0.4 is 0 Å². The number of methoxy groups -OCH3 is 1. The first-order valence-electron chi connectivity index (χ1n) is 3.52. The topological polar surface area (TPSA) is 35.5 Å². The number of aldehydes is 1. The minimum absolute atomic E-state index is 0.0693. The summed E-state index contributed by atoms with van der Waals surface area (Å²) in [5, 5.41) is 0. The summed E-state index contributed by atoms with van der Waals surface area (Å²) in [4.78, 5) is 9.98. The largest absolute Gasteiger partial charge is 0.359 e. The molecule has 0 aromatic rings. The van der Waals surface area contributed by atoms with Crippen LogP contribution in [0.25, 0.3) is 0 Å². The molecule has 0 fully saturated rings. The van der Waals surface area contributed by atoms with Gasteiger partial charge in [0.1, 0.15) is 13.1 Å². The van der Waals surface area contributed by atoms with Gasteiger partial charge in [-0.15, -0.1) is 6.58 Å². The number of ether oxygens (including phenoxy) is 2. The molecule has 0 heterocycles. The van der Waals surface area contributed by atoms with Gasteiger partial charge in [0.15, 0.2) is 0 Å². The average molecular weight is 158 g/mol. The zero-order chi connectivity index (χ0) is 8.53. The fourth-order valence-electron chi connectivity index (χ4n) is 0.657. The van der Waals surface area contributed by atoms with Gasteiger partial charge < -0.3 is 14.3 Å². The number of hydrogen-bond acceptors (Lipinski definition) is 3. The lowest BCUT2D eigenvalue weighted by molar-refractivity contribution is -0.109. The Labute approximate surface area is 67.0 Å². The average Bonchev–Trinajstić information content (AvgIpc) is 2.05. The Hall–Kier alpha value is -0.670. The summed E-state index contributed by atoms with van der Waals surface area (Å²) in [6.45, 7) is 3.82. The van der Waals surface area contributed by atoms with E-state index in [1.807, 2.05) is 0 Å². The van der Waals surface area contributed by atoms with E-state index in [0.717, 1.165) is 6.29 Å². The molecule has 1 atom stereocenters. The van der Waals surface area contributed by atoms with Crippen molar-refractivity contribution in [1.82, 2.24) is 0 Å². The fraction of sp³-hybridized carbons (Fsp3) is 0.625. The Balaban J connectivity index is 3.40. The second-order valence-electron chi connectivity index (χ2n) is 2.09. The van der Waals surface area contributed by atoms with Crippen LogP contribution in [0.1, 0.15) is 12.8 Å². The third-order valence-corrected chi connectivity index (χ3v) is 1.23. The van der Waals surface area contributed by atoms with E-state index in [4.69, 9.17) is 9.47 Å². The zero-order valence-electron chi connectivity index (χ0n) is 6.79. The second-order valence-corrected chi connectivity index (χ2v) is 2.09. The van der Waals surface area contributed by atoms with Crippen molar-refractivity contribution in [3.05, 3.63) is 12.7 Å². The van der Waals surface area contributed by atoms with Gasteiger partial charge in [0.2, 0.25) is 0 Å². The number of hydrogen-bond donors (Lipinski definition) is 0. The quantitative estimate of drug-likeness (QED) is 0.316. The molecule has 64 valence electrons. The summed E-state index contributed by atoms with van der Waals surface area (Å²) in [5.74, 6) is 0. The van der Waals surface area contributed by atoms with Gasteiger partial charge in [-0.1, -0.05) is 6.08 Å². The molecule has 0 unspecified atom stereocenters. The normalized spacial score (nSPS) is 12.5. The third kappa shape index (κ3) is 5.76. The van der Waals surface area contributed by atoms with E-state index >= 15 is 0 Å². The molecule has 0 aliphatic carbocycles. The molecule has 3 nitrogen and oxygen atoms in total. The Morgan fingerprint density at radius 3 is 2.82 bits per heavy atom. The predicted molar refractivity (Wildman–Crippen MR) is 42.2 cm³/mol. The minimum Gasteiger partial charge on any atom is -0.359 e. The summed E-state index contributed by atoms with van der Waals surface area (Å²) in [6, 6.07) is 0. The van der Waals surface area contributed by atoms with Crippen molar-refractivity contribution >= 4 is 6.29 Å². The van der Waals surface area contributed by atoms with Crippen molar-refractivity contribution in [3.8, 4) is 0 Å². The van der Waals surface area contributed by atoms with Gasteiger partial charge in [0.25, 0.3) is 0 Å². The van der Waals surface area contributed by atoms with Crippen molar-refractivity contribution in [2.24, 2.45) is 0 Å². The Morgan fingerprint density at radius 2 is 2.36 bits per heavy atom. The van der Waals surface area contributed by atoms with Crippen LogP contribution in [0.4, 0.5) is 0 Å².